The van der Waals surface area contributed by atoms with E-state index in [9.17, 15) is 9.59 Å². The molecule has 0 aliphatic carbocycles. The van der Waals surface area contributed by atoms with E-state index in [1.54, 1.807) is 0 Å². The van der Waals surface area contributed by atoms with E-state index >= 15 is 0 Å². The summed E-state index contributed by atoms with van der Waals surface area (Å²) in [5.41, 5.74) is 4.93. The van der Waals surface area contributed by atoms with Crippen LogP contribution in [0.3, 0.4) is 0 Å². The van der Waals surface area contributed by atoms with Crippen LogP contribution in [0.15, 0.2) is 85.1 Å². The Morgan fingerprint density at radius 1 is 0.946 bits per heavy atom. The van der Waals surface area contributed by atoms with Crippen molar-refractivity contribution in [2.24, 2.45) is 5.92 Å². The zero-order chi connectivity index (χ0) is 25.9. The van der Waals surface area contributed by atoms with Gasteiger partial charge in [0.15, 0.2) is 0 Å². The van der Waals surface area contributed by atoms with Crippen LogP contribution in [0, 0.1) is 5.92 Å². The number of aromatic amines is 1. The van der Waals surface area contributed by atoms with Crippen molar-refractivity contribution in [2.75, 3.05) is 0 Å². The molecule has 4 unspecified atom stereocenters. The van der Waals surface area contributed by atoms with Crippen molar-refractivity contribution < 1.29 is 9.59 Å². The number of nitrogens with one attached hydrogen (secondary N) is 2. The molecule has 5 heteroatoms. The third kappa shape index (κ3) is 4.78. The summed E-state index contributed by atoms with van der Waals surface area (Å²) in [5, 5.41) is 4.32. The van der Waals surface area contributed by atoms with Crippen LogP contribution in [0.2, 0.25) is 0 Å². The standard InChI is InChI=1S/C32H35N3O2/c1-4-21(2)29(31(36)34-22(3)18-19-23-12-6-5-7-13-23)35-30(25-15-8-9-16-26(25)32(35)37)27-20-33-28-17-11-10-14-24(27)28/h5-17,20-22,29-30,33H,4,18-19H2,1-3H3,(H,34,36). The van der Waals surface area contributed by atoms with Crippen LogP contribution in [0.4, 0.5) is 0 Å². The number of carbonyl (C=O) groups excluding carboxylic acids is 2. The zero-order valence-electron chi connectivity index (χ0n) is 21.8. The van der Waals surface area contributed by atoms with Crippen LogP contribution in [0.1, 0.15) is 66.7 Å². The minimum atomic E-state index is -0.581. The fourth-order valence-corrected chi connectivity index (χ4v) is 5.57. The SMILES string of the molecule is CCC(C)C(C(=O)NC(C)CCc1ccccc1)N1C(=O)c2ccccc2C1c1c[nH]c2ccccc12. The summed E-state index contributed by atoms with van der Waals surface area (Å²) in [4.78, 5) is 33.1. The Morgan fingerprint density at radius 2 is 1.65 bits per heavy atom. The lowest BCUT2D eigenvalue weighted by atomic mass is 9.92. The number of aryl methyl sites for hydroxylation is 1. The monoisotopic (exact) mass is 493 g/mol. The number of nitrogens with zero attached hydrogens (tertiary/aromatic N) is 1. The van der Waals surface area contributed by atoms with Crippen molar-refractivity contribution in [3.63, 3.8) is 0 Å². The average Bonchev–Trinajstić information content (AvgIpc) is 3.47. The summed E-state index contributed by atoms with van der Waals surface area (Å²) in [7, 11) is 0. The summed E-state index contributed by atoms with van der Waals surface area (Å²) in [6, 6.07) is 25.3. The highest BCUT2D eigenvalue weighted by Gasteiger charge is 2.46. The Kier molecular flexibility index (Phi) is 7.13. The van der Waals surface area contributed by atoms with Crippen LogP contribution in [0.5, 0.6) is 0 Å². The van der Waals surface area contributed by atoms with Crippen molar-refractivity contribution in [2.45, 2.75) is 58.2 Å². The van der Waals surface area contributed by atoms with Crippen molar-refractivity contribution in [1.82, 2.24) is 15.2 Å². The van der Waals surface area contributed by atoms with Gasteiger partial charge in [0.05, 0.1) is 6.04 Å². The quantitative estimate of drug-likeness (QED) is 0.289. The predicted molar refractivity (Wildman–Crippen MR) is 148 cm³/mol. The summed E-state index contributed by atoms with van der Waals surface area (Å²) in [5.74, 6) is -0.170. The summed E-state index contributed by atoms with van der Waals surface area (Å²) in [6.07, 6.45) is 4.51. The van der Waals surface area contributed by atoms with Gasteiger partial charge in [-0.2, -0.15) is 0 Å². The number of carbonyl (C=O) groups is 2. The van der Waals surface area contributed by atoms with Crippen LogP contribution in [-0.2, 0) is 11.2 Å². The molecule has 3 aromatic carbocycles. The second-order valence-electron chi connectivity index (χ2n) is 10.3. The largest absolute Gasteiger partial charge is 0.361 e. The number of hydrogen-bond donors (Lipinski definition) is 2. The van der Waals surface area contributed by atoms with Gasteiger partial charge in [-0.05, 0) is 48.9 Å². The number of hydrogen-bond acceptors (Lipinski definition) is 2. The number of rotatable bonds is 9. The molecule has 2 N–H and O–H groups in total. The smallest absolute Gasteiger partial charge is 0.255 e. The van der Waals surface area contributed by atoms with Crippen molar-refractivity contribution in [3.05, 3.63) is 107 Å². The molecule has 0 saturated carbocycles. The molecule has 0 spiro atoms. The Hall–Kier alpha value is -3.86. The van der Waals surface area contributed by atoms with Crippen LogP contribution in [0.25, 0.3) is 10.9 Å². The van der Waals surface area contributed by atoms with Crippen molar-refractivity contribution in [3.8, 4) is 0 Å². The lowest BCUT2D eigenvalue weighted by Gasteiger charge is -2.36. The molecule has 190 valence electrons. The van der Waals surface area contributed by atoms with Crippen LogP contribution >= 0.6 is 0 Å². The average molecular weight is 494 g/mol. The molecular formula is C32H35N3O2. The van der Waals surface area contributed by atoms with Gasteiger partial charge in [0.1, 0.15) is 6.04 Å². The maximum atomic E-state index is 13.9. The van der Waals surface area contributed by atoms with E-state index in [-0.39, 0.29) is 29.8 Å². The van der Waals surface area contributed by atoms with Gasteiger partial charge in [0.25, 0.3) is 5.91 Å². The van der Waals surface area contributed by atoms with E-state index in [4.69, 9.17) is 0 Å². The Morgan fingerprint density at radius 3 is 2.43 bits per heavy atom. The number of benzene rings is 3. The first-order chi connectivity index (χ1) is 18.0. The fourth-order valence-electron chi connectivity index (χ4n) is 5.57. The molecule has 0 bridgehead atoms. The summed E-state index contributed by atoms with van der Waals surface area (Å²) < 4.78 is 0. The third-order valence-corrected chi connectivity index (χ3v) is 7.76. The Balaban J connectivity index is 1.48. The van der Waals surface area contributed by atoms with Gasteiger partial charge in [-0.3, -0.25) is 9.59 Å². The fraction of sp³-hybridized carbons (Fsp3) is 0.312. The van der Waals surface area contributed by atoms with Gasteiger partial charge in [-0.1, -0.05) is 87.0 Å². The summed E-state index contributed by atoms with van der Waals surface area (Å²) >= 11 is 0. The molecule has 4 atom stereocenters. The second kappa shape index (κ2) is 10.6. The maximum Gasteiger partial charge on any atom is 0.255 e. The minimum Gasteiger partial charge on any atom is -0.361 e. The molecule has 2 amide bonds. The molecule has 5 rings (SSSR count). The number of H-pyrrole nitrogens is 1. The molecule has 1 aromatic heterocycles. The molecule has 37 heavy (non-hydrogen) atoms. The number of para-hydroxylation sites is 1. The molecule has 5 nitrogen and oxygen atoms in total. The molecule has 0 saturated heterocycles. The molecule has 4 aromatic rings. The molecular weight excluding hydrogens is 458 g/mol. The normalized spacial score (nSPS) is 17.4. The lowest BCUT2D eigenvalue weighted by molar-refractivity contribution is -0.128. The minimum absolute atomic E-state index is 0.00714. The van der Waals surface area contributed by atoms with E-state index in [0.717, 1.165) is 41.3 Å². The highest BCUT2D eigenvalue weighted by Crippen LogP contribution is 2.43. The lowest BCUT2D eigenvalue weighted by Crippen LogP contribution is -2.53. The van der Waals surface area contributed by atoms with Gasteiger partial charge < -0.3 is 15.2 Å². The van der Waals surface area contributed by atoms with Crippen LogP contribution in [-0.4, -0.2) is 33.8 Å². The third-order valence-electron chi connectivity index (χ3n) is 7.76. The van der Waals surface area contributed by atoms with Gasteiger partial charge in [-0.25, -0.2) is 0 Å². The number of fused-ring (bicyclic) bond motifs is 2. The van der Waals surface area contributed by atoms with E-state index < -0.39 is 6.04 Å². The zero-order valence-corrected chi connectivity index (χ0v) is 21.8. The highest BCUT2D eigenvalue weighted by atomic mass is 16.2. The van der Waals surface area contributed by atoms with E-state index in [1.165, 1.54) is 5.56 Å². The Bertz CT molecular complexity index is 1390. The summed E-state index contributed by atoms with van der Waals surface area (Å²) in [6.45, 7) is 6.20. The van der Waals surface area contributed by atoms with Gasteiger partial charge in [0, 0.05) is 34.3 Å². The first kappa shape index (κ1) is 24.8. The molecule has 1 aliphatic heterocycles. The van der Waals surface area contributed by atoms with Crippen molar-refractivity contribution in [1.29, 1.82) is 0 Å². The maximum absolute atomic E-state index is 13.9. The number of aromatic nitrogens is 1. The van der Waals surface area contributed by atoms with Crippen molar-refractivity contribution >= 4 is 22.7 Å². The molecule has 0 fully saturated rings. The molecule has 2 heterocycles. The highest BCUT2D eigenvalue weighted by molar-refractivity contribution is 6.03. The predicted octanol–water partition coefficient (Wildman–Crippen LogP) is 6.27. The van der Waals surface area contributed by atoms with Gasteiger partial charge in [-0.15, -0.1) is 0 Å². The molecule has 0 radical (unpaired) electrons. The van der Waals surface area contributed by atoms with Gasteiger partial charge >= 0.3 is 0 Å². The second-order valence-corrected chi connectivity index (χ2v) is 10.3. The van der Waals surface area contributed by atoms with E-state index in [0.29, 0.717) is 5.56 Å². The van der Waals surface area contributed by atoms with Crippen LogP contribution < -0.4 is 5.32 Å². The van der Waals surface area contributed by atoms with E-state index in [1.807, 2.05) is 78.7 Å². The van der Waals surface area contributed by atoms with E-state index in [2.05, 4.69) is 42.3 Å². The Labute approximate surface area is 218 Å². The topological polar surface area (TPSA) is 65.2 Å². The molecule has 1 aliphatic rings. The first-order valence-electron chi connectivity index (χ1n) is 13.3. The van der Waals surface area contributed by atoms with Gasteiger partial charge in [0.2, 0.25) is 5.91 Å². The number of amides is 2. The first-order valence-corrected chi connectivity index (χ1v) is 13.3.